The van der Waals surface area contributed by atoms with Crippen LogP contribution in [0.1, 0.15) is 38.2 Å². The van der Waals surface area contributed by atoms with Crippen LogP contribution in [-0.4, -0.2) is 30.6 Å². The molecule has 1 aromatic carbocycles. The highest BCUT2D eigenvalue weighted by molar-refractivity contribution is 9.10. The number of hydrogen-bond acceptors (Lipinski definition) is 2. The highest BCUT2D eigenvalue weighted by Crippen LogP contribution is 2.38. The molecule has 0 radical (unpaired) electrons. The van der Waals surface area contributed by atoms with E-state index >= 15 is 0 Å². The Morgan fingerprint density at radius 2 is 2.00 bits per heavy atom. The smallest absolute Gasteiger partial charge is 0.0449 e. The van der Waals surface area contributed by atoms with Crippen LogP contribution < -0.4 is 5.73 Å². The van der Waals surface area contributed by atoms with E-state index in [-0.39, 0.29) is 11.6 Å². The summed E-state index contributed by atoms with van der Waals surface area (Å²) in [5, 5.41) is 0.804. The number of likely N-dealkylation sites (N-methyl/N-ethyl adjacent to an activating group) is 1. The number of benzene rings is 1. The van der Waals surface area contributed by atoms with E-state index in [4.69, 9.17) is 17.3 Å². The molecule has 1 aliphatic carbocycles. The van der Waals surface area contributed by atoms with E-state index < -0.39 is 0 Å². The van der Waals surface area contributed by atoms with Gasteiger partial charge in [0.1, 0.15) is 0 Å². The van der Waals surface area contributed by atoms with Gasteiger partial charge < -0.3 is 10.6 Å². The van der Waals surface area contributed by atoms with Crippen LogP contribution in [0.2, 0.25) is 5.02 Å². The molecule has 1 unspecified atom stereocenters. The number of halogens is 2. The first-order valence-electron chi connectivity index (χ1n) is 7.72. The van der Waals surface area contributed by atoms with Gasteiger partial charge in [-0.25, -0.2) is 0 Å². The third kappa shape index (κ3) is 3.82. The molecule has 0 bridgehead atoms. The zero-order valence-electron chi connectivity index (χ0n) is 13.2. The molecule has 0 heterocycles. The van der Waals surface area contributed by atoms with Gasteiger partial charge in [-0.2, -0.15) is 0 Å². The molecule has 0 spiro atoms. The molecule has 0 aromatic heterocycles. The lowest BCUT2D eigenvalue weighted by molar-refractivity contribution is 0.0568. The van der Waals surface area contributed by atoms with Gasteiger partial charge in [0.05, 0.1) is 0 Å². The molecule has 1 fully saturated rings. The minimum atomic E-state index is 0.100. The van der Waals surface area contributed by atoms with Crippen molar-refractivity contribution in [3.63, 3.8) is 0 Å². The first-order chi connectivity index (χ1) is 9.85. The monoisotopic (exact) mass is 372 g/mol. The van der Waals surface area contributed by atoms with Crippen molar-refractivity contribution in [1.82, 2.24) is 4.90 Å². The SMILES string of the molecule is CC1CCC(C(N)Cc2ccc(Br)cc2Cl)(N(C)C)CC1. The minimum Gasteiger partial charge on any atom is -0.326 e. The van der Waals surface area contributed by atoms with E-state index in [0.717, 1.165) is 27.4 Å². The molecule has 2 rings (SSSR count). The van der Waals surface area contributed by atoms with Crippen molar-refractivity contribution in [2.75, 3.05) is 14.1 Å². The molecule has 0 saturated heterocycles. The summed E-state index contributed by atoms with van der Waals surface area (Å²) in [5.41, 5.74) is 7.90. The zero-order chi connectivity index (χ0) is 15.6. The van der Waals surface area contributed by atoms with Gasteiger partial charge >= 0.3 is 0 Å². The molecule has 1 saturated carbocycles. The number of nitrogens with zero attached hydrogens (tertiary/aromatic N) is 1. The largest absolute Gasteiger partial charge is 0.326 e. The molecule has 0 amide bonds. The second-order valence-corrected chi connectivity index (χ2v) is 8.05. The van der Waals surface area contributed by atoms with Crippen LogP contribution in [0.25, 0.3) is 0 Å². The van der Waals surface area contributed by atoms with Crippen LogP contribution in [0, 0.1) is 5.92 Å². The van der Waals surface area contributed by atoms with Gasteiger partial charge in [-0.05, 0) is 69.8 Å². The summed E-state index contributed by atoms with van der Waals surface area (Å²) in [5.74, 6) is 0.821. The van der Waals surface area contributed by atoms with Crippen LogP contribution in [0.4, 0.5) is 0 Å². The highest BCUT2D eigenvalue weighted by Gasteiger charge is 2.41. The van der Waals surface area contributed by atoms with E-state index in [1.165, 1.54) is 25.7 Å². The van der Waals surface area contributed by atoms with Crippen LogP contribution in [0.5, 0.6) is 0 Å². The van der Waals surface area contributed by atoms with Crippen molar-refractivity contribution in [2.45, 2.75) is 50.6 Å². The van der Waals surface area contributed by atoms with Crippen molar-refractivity contribution >= 4 is 27.5 Å². The van der Waals surface area contributed by atoms with Crippen molar-refractivity contribution in [3.8, 4) is 0 Å². The molecule has 2 N–H and O–H groups in total. The maximum absolute atomic E-state index is 6.66. The standard InChI is InChI=1S/C17H26BrClN2/c1-12-6-8-17(9-7-12,21(2)3)16(20)10-13-4-5-14(18)11-15(13)19/h4-5,11-12,16H,6-10,20H2,1-3H3. The summed E-state index contributed by atoms with van der Waals surface area (Å²) in [6, 6.07) is 6.19. The van der Waals surface area contributed by atoms with Gasteiger partial charge in [0.25, 0.3) is 0 Å². The number of nitrogens with two attached hydrogens (primary N) is 1. The lowest BCUT2D eigenvalue weighted by Crippen LogP contribution is -2.59. The fourth-order valence-electron chi connectivity index (χ4n) is 3.53. The Bertz CT molecular complexity index is 482. The van der Waals surface area contributed by atoms with Crippen LogP contribution in [-0.2, 0) is 6.42 Å². The van der Waals surface area contributed by atoms with Gasteiger partial charge in [0.15, 0.2) is 0 Å². The van der Waals surface area contributed by atoms with Crippen molar-refractivity contribution in [1.29, 1.82) is 0 Å². The van der Waals surface area contributed by atoms with Crippen LogP contribution in [0.3, 0.4) is 0 Å². The van der Waals surface area contributed by atoms with Crippen LogP contribution in [0.15, 0.2) is 22.7 Å². The predicted octanol–water partition coefficient (Wildman–Crippen LogP) is 4.48. The van der Waals surface area contributed by atoms with Crippen LogP contribution >= 0.6 is 27.5 Å². The Morgan fingerprint density at radius 1 is 1.38 bits per heavy atom. The average Bonchev–Trinajstić information content (AvgIpc) is 2.42. The maximum atomic E-state index is 6.66. The zero-order valence-corrected chi connectivity index (χ0v) is 15.5. The second-order valence-electron chi connectivity index (χ2n) is 6.73. The van der Waals surface area contributed by atoms with Crippen molar-refractivity contribution in [3.05, 3.63) is 33.3 Å². The molecule has 2 nitrogen and oxygen atoms in total. The van der Waals surface area contributed by atoms with Crippen molar-refractivity contribution in [2.24, 2.45) is 11.7 Å². The normalized spacial score (nSPS) is 27.9. The fraction of sp³-hybridized carbons (Fsp3) is 0.647. The Balaban J connectivity index is 2.17. The summed E-state index contributed by atoms with van der Waals surface area (Å²) in [7, 11) is 4.33. The molecule has 21 heavy (non-hydrogen) atoms. The first-order valence-corrected chi connectivity index (χ1v) is 8.89. The third-order valence-electron chi connectivity index (χ3n) is 5.18. The molecule has 1 atom stereocenters. The summed E-state index contributed by atoms with van der Waals surface area (Å²) in [4.78, 5) is 2.34. The van der Waals surface area contributed by atoms with Gasteiger partial charge in [0.2, 0.25) is 0 Å². The van der Waals surface area contributed by atoms with E-state index in [1.54, 1.807) is 0 Å². The third-order valence-corrected chi connectivity index (χ3v) is 6.02. The molecular weight excluding hydrogens is 348 g/mol. The maximum Gasteiger partial charge on any atom is 0.0449 e. The summed E-state index contributed by atoms with van der Waals surface area (Å²) in [6.07, 6.45) is 5.71. The quantitative estimate of drug-likeness (QED) is 0.843. The molecule has 1 aromatic rings. The van der Waals surface area contributed by atoms with Crippen molar-refractivity contribution < 1.29 is 0 Å². The molecule has 0 aliphatic heterocycles. The predicted molar refractivity (Wildman–Crippen MR) is 94.9 cm³/mol. The van der Waals surface area contributed by atoms with Gasteiger partial charge in [-0.1, -0.05) is 40.5 Å². The number of hydrogen-bond donors (Lipinski definition) is 1. The van der Waals surface area contributed by atoms with E-state index in [1.807, 2.05) is 12.1 Å². The lowest BCUT2D eigenvalue weighted by atomic mass is 9.71. The fourth-order valence-corrected chi connectivity index (χ4v) is 4.28. The molecular formula is C17H26BrClN2. The molecule has 4 heteroatoms. The van der Waals surface area contributed by atoms with Gasteiger partial charge in [-0.15, -0.1) is 0 Å². The Hall–Kier alpha value is -0.0900. The summed E-state index contributed by atoms with van der Waals surface area (Å²) >= 11 is 9.82. The second kappa shape index (κ2) is 6.99. The van der Waals surface area contributed by atoms with Gasteiger partial charge in [-0.3, -0.25) is 0 Å². The van der Waals surface area contributed by atoms with E-state index in [0.29, 0.717) is 0 Å². The van der Waals surface area contributed by atoms with Gasteiger partial charge in [0, 0.05) is 21.1 Å². The minimum absolute atomic E-state index is 0.100. The van der Waals surface area contributed by atoms with E-state index in [9.17, 15) is 0 Å². The molecule has 118 valence electrons. The first kappa shape index (κ1) is 17.3. The molecule has 1 aliphatic rings. The Morgan fingerprint density at radius 3 is 2.52 bits per heavy atom. The Labute approximate surface area is 142 Å². The lowest BCUT2D eigenvalue weighted by Gasteiger charge is -2.48. The topological polar surface area (TPSA) is 29.3 Å². The number of rotatable bonds is 4. The average molecular weight is 374 g/mol. The summed E-state index contributed by atoms with van der Waals surface area (Å²) in [6.45, 7) is 2.34. The highest BCUT2D eigenvalue weighted by atomic mass is 79.9. The Kier molecular flexibility index (Phi) is 5.75. The van der Waals surface area contributed by atoms with E-state index in [2.05, 4.69) is 47.9 Å². The summed E-state index contributed by atoms with van der Waals surface area (Å²) < 4.78 is 1.01.